The van der Waals surface area contributed by atoms with Gasteiger partial charge in [-0.2, -0.15) is 0 Å². The first-order valence-electron chi connectivity index (χ1n) is 7.62. The molecular weight excluding hydrogens is 342 g/mol. The molecular formula is C17H19N3O4S. The molecule has 2 amide bonds. The van der Waals surface area contributed by atoms with Crippen LogP contribution in [-0.2, 0) is 11.3 Å². The van der Waals surface area contributed by atoms with Gasteiger partial charge in [-0.05, 0) is 31.5 Å². The maximum Gasteiger partial charge on any atom is 0.347 e. The number of nitrogens with one attached hydrogen (secondary N) is 2. The molecule has 1 atom stereocenters. The van der Waals surface area contributed by atoms with E-state index in [1.54, 1.807) is 38.1 Å². The second-order valence-electron chi connectivity index (χ2n) is 5.57. The molecule has 0 spiro atoms. The Bertz CT molecular complexity index is 799. The highest BCUT2D eigenvalue weighted by Crippen LogP contribution is 2.23. The van der Waals surface area contributed by atoms with Crippen molar-refractivity contribution in [3.63, 3.8) is 0 Å². The molecule has 0 bridgehead atoms. The second-order valence-corrected chi connectivity index (χ2v) is 6.60. The van der Waals surface area contributed by atoms with Gasteiger partial charge in [0.2, 0.25) is 5.91 Å². The highest BCUT2D eigenvalue weighted by Gasteiger charge is 2.19. The maximum absolute atomic E-state index is 12.3. The first-order chi connectivity index (χ1) is 11.8. The van der Waals surface area contributed by atoms with Crippen LogP contribution < -0.4 is 10.6 Å². The van der Waals surface area contributed by atoms with Crippen molar-refractivity contribution in [3.05, 3.63) is 51.0 Å². The zero-order valence-electron chi connectivity index (χ0n) is 14.1. The summed E-state index contributed by atoms with van der Waals surface area (Å²) >= 11 is 1.06. The van der Waals surface area contributed by atoms with Crippen molar-refractivity contribution >= 4 is 29.1 Å². The van der Waals surface area contributed by atoms with Crippen LogP contribution in [0.4, 0.5) is 0 Å². The fourth-order valence-corrected chi connectivity index (χ4v) is 3.05. The third-order valence-corrected chi connectivity index (χ3v) is 4.81. The molecule has 1 aromatic heterocycles. The number of hydrogen-bond acceptors (Lipinski definition) is 5. The summed E-state index contributed by atoms with van der Waals surface area (Å²) in [6.45, 7) is 5.24. The molecule has 2 aromatic rings. The minimum atomic E-state index is -1.02. The van der Waals surface area contributed by atoms with Gasteiger partial charge in [-0.1, -0.05) is 12.1 Å². The van der Waals surface area contributed by atoms with Crippen molar-refractivity contribution in [2.75, 3.05) is 0 Å². The number of carbonyl (C=O) groups is 3. The van der Waals surface area contributed by atoms with Gasteiger partial charge in [-0.3, -0.25) is 9.59 Å². The van der Waals surface area contributed by atoms with Crippen LogP contribution in [0.5, 0.6) is 0 Å². The number of amides is 2. The van der Waals surface area contributed by atoms with Gasteiger partial charge in [-0.25, -0.2) is 9.78 Å². The number of carboxylic acid groups (broad SMARTS) is 1. The Hall–Kier alpha value is -2.74. The zero-order valence-corrected chi connectivity index (χ0v) is 14.9. The van der Waals surface area contributed by atoms with Crippen LogP contribution in [0.25, 0.3) is 0 Å². The van der Waals surface area contributed by atoms with Crippen LogP contribution in [0.3, 0.4) is 0 Å². The largest absolute Gasteiger partial charge is 0.477 e. The number of aryl methyl sites for hydroxylation is 1. The Morgan fingerprint density at radius 3 is 2.40 bits per heavy atom. The number of carbonyl (C=O) groups excluding carboxylic acids is 2. The summed E-state index contributed by atoms with van der Waals surface area (Å²) in [5.74, 6) is -1.41. The van der Waals surface area contributed by atoms with Crippen molar-refractivity contribution in [2.45, 2.75) is 33.4 Å². The van der Waals surface area contributed by atoms with E-state index in [1.165, 1.54) is 6.92 Å². The van der Waals surface area contributed by atoms with Crippen LogP contribution in [0, 0.1) is 6.92 Å². The lowest BCUT2D eigenvalue weighted by Gasteiger charge is -2.11. The molecule has 0 aliphatic carbocycles. The van der Waals surface area contributed by atoms with Gasteiger partial charge in [0.05, 0.1) is 11.7 Å². The van der Waals surface area contributed by atoms with Gasteiger partial charge in [0.1, 0.15) is 9.88 Å². The molecule has 8 heteroatoms. The predicted octanol–water partition coefficient (Wildman–Crippen LogP) is 2.28. The number of thiazole rings is 1. The molecule has 1 unspecified atom stereocenters. The Morgan fingerprint density at radius 1 is 1.24 bits per heavy atom. The van der Waals surface area contributed by atoms with Gasteiger partial charge < -0.3 is 15.7 Å². The quantitative estimate of drug-likeness (QED) is 0.731. The molecule has 132 valence electrons. The highest BCUT2D eigenvalue weighted by molar-refractivity contribution is 7.13. The topological polar surface area (TPSA) is 108 Å². The van der Waals surface area contributed by atoms with E-state index < -0.39 is 12.0 Å². The Balaban J connectivity index is 2.02. The summed E-state index contributed by atoms with van der Waals surface area (Å²) in [6, 6.07) is 6.49. The van der Waals surface area contributed by atoms with E-state index in [-0.39, 0.29) is 16.7 Å². The van der Waals surface area contributed by atoms with Crippen LogP contribution in [-0.4, -0.2) is 27.9 Å². The lowest BCUT2D eigenvalue weighted by atomic mass is 10.1. The van der Waals surface area contributed by atoms with Gasteiger partial charge in [0.15, 0.2) is 0 Å². The van der Waals surface area contributed by atoms with Gasteiger partial charge in [0.25, 0.3) is 5.91 Å². The minimum absolute atomic E-state index is 0.116. The fourth-order valence-electron chi connectivity index (χ4n) is 2.14. The van der Waals surface area contributed by atoms with Crippen molar-refractivity contribution in [2.24, 2.45) is 0 Å². The summed E-state index contributed by atoms with van der Waals surface area (Å²) in [5.41, 5.74) is 1.81. The van der Waals surface area contributed by atoms with E-state index in [9.17, 15) is 14.4 Å². The lowest BCUT2D eigenvalue weighted by Crippen LogP contribution is -2.26. The van der Waals surface area contributed by atoms with Gasteiger partial charge in [-0.15, -0.1) is 11.3 Å². The second kappa shape index (κ2) is 7.89. The highest BCUT2D eigenvalue weighted by atomic mass is 32.1. The molecule has 7 nitrogen and oxygen atoms in total. The number of aromatic carboxylic acids is 1. The summed E-state index contributed by atoms with van der Waals surface area (Å²) < 4.78 is 0. The van der Waals surface area contributed by atoms with Crippen molar-refractivity contribution in [3.8, 4) is 0 Å². The molecule has 3 N–H and O–H groups in total. The zero-order chi connectivity index (χ0) is 18.6. The number of carboxylic acids is 1. The normalized spacial score (nSPS) is 11.6. The SMILES string of the molecule is CC(=O)NCc1ccc(C(=O)NC(C)c2nc(C)c(C(=O)O)s2)cc1. The van der Waals surface area contributed by atoms with Gasteiger partial charge in [0, 0.05) is 19.0 Å². The molecule has 0 aliphatic rings. The molecule has 0 radical (unpaired) electrons. The van der Waals surface area contributed by atoms with E-state index >= 15 is 0 Å². The standard InChI is InChI=1S/C17H19N3O4S/c1-9-14(17(23)24)25-16(20-9)10(2)19-15(22)13-6-4-12(5-7-13)8-18-11(3)21/h4-7,10H,8H2,1-3H3,(H,18,21)(H,19,22)(H,23,24). The first kappa shape index (κ1) is 18.6. The molecule has 0 fully saturated rings. The van der Waals surface area contributed by atoms with E-state index in [0.29, 0.717) is 22.8 Å². The number of aromatic nitrogens is 1. The van der Waals surface area contributed by atoms with E-state index in [4.69, 9.17) is 5.11 Å². The average Bonchev–Trinajstić information content (AvgIpc) is 2.95. The molecule has 0 aliphatic heterocycles. The Labute approximate surface area is 149 Å². The van der Waals surface area contributed by atoms with Gasteiger partial charge >= 0.3 is 5.97 Å². The van der Waals surface area contributed by atoms with Crippen molar-refractivity contribution < 1.29 is 19.5 Å². The summed E-state index contributed by atoms with van der Waals surface area (Å²) in [6.07, 6.45) is 0. The van der Waals surface area contributed by atoms with Crippen LogP contribution in [0.2, 0.25) is 0 Å². The Kier molecular flexibility index (Phi) is 5.87. The molecule has 25 heavy (non-hydrogen) atoms. The first-order valence-corrected chi connectivity index (χ1v) is 8.44. The molecule has 1 heterocycles. The molecule has 2 rings (SSSR count). The third-order valence-electron chi connectivity index (χ3n) is 3.48. The molecule has 1 aromatic carbocycles. The third kappa shape index (κ3) is 4.87. The predicted molar refractivity (Wildman–Crippen MR) is 93.7 cm³/mol. The number of nitrogens with zero attached hydrogens (tertiary/aromatic N) is 1. The average molecular weight is 361 g/mol. The minimum Gasteiger partial charge on any atom is -0.477 e. The summed E-state index contributed by atoms with van der Waals surface area (Å²) in [7, 11) is 0. The van der Waals surface area contributed by atoms with Crippen LogP contribution >= 0.6 is 11.3 Å². The van der Waals surface area contributed by atoms with Crippen LogP contribution in [0.15, 0.2) is 24.3 Å². The number of hydrogen-bond donors (Lipinski definition) is 3. The number of benzene rings is 1. The smallest absolute Gasteiger partial charge is 0.347 e. The van der Waals surface area contributed by atoms with E-state index in [1.807, 2.05) is 0 Å². The lowest BCUT2D eigenvalue weighted by molar-refractivity contribution is -0.119. The van der Waals surface area contributed by atoms with Crippen molar-refractivity contribution in [1.82, 2.24) is 15.6 Å². The van der Waals surface area contributed by atoms with Crippen LogP contribution in [0.1, 0.15) is 56.2 Å². The fraction of sp³-hybridized carbons (Fsp3) is 0.294. The van der Waals surface area contributed by atoms with E-state index in [0.717, 1.165) is 16.9 Å². The molecule has 0 saturated carbocycles. The maximum atomic E-state index is 12.3. The summed E-state index contributed by atoms with van der Waals surface area (Å²) in [5, 5.41) is 15.1. The molecule has 0 saturated heterocycles. The summed E-state index contributed by atoms with van der Waals surface area (Å²) in [4.78, 5) is 38.7. The Morgan fingerprint density at radius 2 is 1.88 bits per heavy atom. The monoisotopic (exact) mass is 361 g/mol. The number of rotatable bonds is 6. The van der Waals surface area contributed by atoms with E-state index in [2.05, 4.69) is 15.6 Å². The van der Waals surface area contributed by atoms with Crippen molar-refractivity contribution in [1.29, 1.82) is 0 Å².